The maximum Gasteiger partial charge on any atom is 0.338 e. The van der Waals surface area contributed by atoms with Gasteiger partial charge in [-0.05, 0) is 6.07 Å². The molecule has 1 aromatic rings. The molecule has 0 unspecified atom stereocenters. The van der Waals surface area contributed by atoms with Crippen LogP contribution in [0, 0.1) is 18.2 Å². The number of aromatic nitrogens is 1. The summed E-state index contributed by atoms with van der Waals surface area (Å²) in [5.41, 5.74) is -0.493. The van der Waals surface area contributed by atoms with Gasteiger partial charge in [-0.2, -0.15) is 0 Å². The van der Waals surface area contributed by atoms with Crippen molar-refractivity contribution in [2.24, 2.45) is 0 Å². The number of hydrogen-bond acceptors (Lipinski definition) is 3. The Morgan fingerprint density at radius 3 is 3.07 bits per heavy atom. The zero-order valence-corrected chi connectivity index (χ0v) is 7.03. The quantitative estimate of drug-likeness (QED) is 0.729. The first-order valence-corrected chi connectivity index (χ1v) is 3.61. The Bertz CT molecular complexity index is 398. The molecule has 5 heteroatoms. The lowest BCUT2D eigenvalue weighted by Crippen LogP contribution is -2.05. The average molecular weight is 195 g/mol. The number of terminal acetylenes is 1. The molecule has 1 rings (SSSR count). The summed E-state index contributed by atoms with van der Waals surface area (Å²) in [7, 11) is 0. The van der Waals surface area contributed by atoms with Crippen LogP contribution in [0.4, 0.5) is 4.39 Å². The van der Waals surface area contributed by atoms with Crippen LogP contribution in [0.2, 0.25) is 0 Å². The van der Waals surface area contributed by atoms with Crippen LogP contribution in [0.5, 0.6) is 5.88 Å². The molecule has 0 saturated heterocycles. The molecule has 0 aliphatic rings. The minimum absolute atomic E-state index is 0.160. The molecule has 0 amide bonds. The van der Waals surface area contributed by atoms with Crippen LogP contribution in [0.25, 0.3) is 0 Å². The van der Waals surface area contributed by atoms with Crippen molar-refractivity contribution >= 4 is 5.97 Å². The van der Waals surface area contributed by atoms with Crippen LogP contribution in [0.15, 0.2) is 12.3 Å². The molecule has 0 aliphatic carbocycles. The third kappa shape index (κ3) is 1.98. The summed E-state index contributed by atoms with van der Waals surface area (Å²) in [6.07, 6.45) is 6.02. The van der Waals surface area contributed by atoms with Gasteiger partial charge < -0.3 is 9.84 Å². The van der Waals surface area contributed by atoms with Crippen molar-refractivity contribution < 1.29 is 19.0 Å². The van der Waals surface area contributed by atoms with Crippen molar-refractivity contribution in [3.05, 3.63) is 23.6 Å². The molecule has 0 spiro atoms. The van der Waals surface area contributed by atoms with Crippen molar-refractivity contribution in [1.29, 1.82) is 0 Å². The van der Waals surface area contributed by atoms with E-state index < -0.39 is 23.2 Å². The van der Waals surface area contributed by atoms with E-state index in [0.717, 1.165) is 12.3 Å². The third-order valence-corrected chi connectivity index (χ3v) is 1.38. The van der Waals surface area contributed by atoms with Crippen LogP contribution in [-0.4, -0.2) is 22.7 Å². The standard InChI is InChI=1S/C9H6FNO3/c1-2-5-14-8-7(10)6(9(12)13)3-4-11-8/h1,3-4H,5H2,(H,12,13). The van der Waals surface area contributed by atoms with Crippen molar-refractivity contribution in [2.75, 3.05) is 6.61 Å². The van der Waals surface area contributed by atoms with Gasteiger partial charge in [-0.1, -0.05) is 5.92 Å². The van der Waals surface area contributed by atoms with E-state index in [1.54, 1.807) is 0 Å². The van der Waals surface area contributed by atoms with E-state index in [4.69, 9.17) is 16.3 Å². The van der Waals surface area contributed by atoms with Crippen LogP contribution in [0.1, 0.15) is 10.4 Å². The van der Waals surface area contributed by atoms with Crippen LogP contribution < -0.4 is 4.74 Å². The summed E-state index contributed by atoms with van der Waals surface area (Å²) >= 11 is 0. The Morgan fingerprint density at radius 2 is 2.50 bits per heavy atom. The van der Waals surface area contributed by atoms with Gasteiger partial charge in [0.2, 0.25) is 0 Å². The summed E-state index contributed by atoms with van der Waals surface area (Å²) < 4.78 is 17.9. The van der Waals surface area contributed by atoms with Gasteiger partial charge in [0.25, 0.3) is 5.88 Å². The molecule has 1 N–H and O–H groups in total. The predicted octanol–water partition coefficient (Wildman–Crippen LogP) is 0.931. The number of nitrogens with zero attached hydrogens (tertiary/aromatic N) is 1. The van der Waals surface area contributed by atoms with E-state index in [2.05, 4.69) is 10.9 Å². The number of halogens is 1. The highest BCUT2D eigenvalue weighted by atomic mass is 19.1. The second-order valence-electron chi connectivity index (χ2n) is 2.28. The molecular formula is C9H6FNO3. The van der Waals surface area contributed by atoms with Gasteiger partial charge in [0.05, 0.1) is 0 Å². The zero-order valence-electron chi connectivity index (χ0n) is 7.03. The molecular weight excluding hydrogens is 189 g/mol. The second kappa shape index (κ2) is 4.23. The number of carboxylic acid groups (broad SMARTS) is 1. The second-order valence-corrected chi connectivity index (χ2v) is 2.28. The van der Waals surface area contributed by atoms with Crippen molar-refractivity contribution in [2.45, 2.75) is 0 Å². The first-order chi connectivity index (χ1) is 6.66. The third-order valence-electron chi connectivity index (χ3n) is 1.38. The molecule has 14 heavy (non-hydrogen) atoms. The monoisotopic (exact) mass is 195 g/mol. The van der Waals surface area contributed by atoms with E-state index >= 15 is 0 Å². The molecule has 1 aromatic heterocycles. The fourth-order valence-electron chi connectivity index (χ4n) is 0.800. The average Bonchev–Trinajstić information content (AvgIpc) is 2.16. The molecule has 0 aliphatic heterocycles. The highest BCUT2D eigenvalue weighted by Crippen LogP contribution is 2.16. The summed E-state index contributed by atoms with van der Waals surface area (Å²) in [5.74, 6) is -0.682. The van der Waals surface area contributed by atoms with E-state index in [0.29, 0.717) is 0 Å². The Labute approximate surface area is 79.3 Å². The number of rotatable bonds is 3. The molecule has 0 saturated carbocycles. The minimum Gasteiger partial charge on any atom is -0.478 e. The van der Waals surface area contributed by atoms with Gasteiger partial charge in [-0.15, -0.1) is 6.42 Å². The minimum atomic E-state index is -1.38. The van der Waals surface area contributed by atoms with E-state index in [9.17, 15) is 9.18 Å². The maximum atomic E-state index is 13.2. The first-order valence-electron chi connectivity index (χ1n) is 3.61. The Hall–Kier alpha value is -2.09. The number of hydrogen-bond donors (Lipinski definition) is 1. The smallest absolute Gasteiger partial charge is 0.338 e. The molecule has 0 atom stereocenters. The molecule has 0 bridgehead atoms. The maximum absolute atomic E-state index is 13.2. The number of carbonyl (C=O) groups is 1. The van der Waals surface area contributed by atoms with Gasteiger partial charge in [-0.25, -0.2) is 14.2 Å². The lowest BCUT2D eigenvalue weighted by Gasteiger charge is -2.03. The summed E-state index contributed by atoms with van der Waals surface area (Å²) in [5, 5.41) is 8.55. The lowest BCUT2D eigenvalue weighted by atomic mass is 10.2. The summed E-state index contributed by atoms with van der Waals surface area (Å²) in [6, 6.07) is 1.04. The number of ether oxygens (including phenoxy) is 1. The van der Waals surface area contributed by atoms with Gasteiger partial charge in [0, 0.05) is 6.20 Å². The van der Waals surface area contributed by atoms with Crippen molar-refractivity contribution in [3.8, 4) is 18.2 Å². The zero-order chi connectivity index (χ0) is 10.6. The summed E-state index contributed by atoms with van der Waals surface area (Å²) in [4.78, 5) is 14.0. The Kier molecular flexibility index (Phi) is 3.02. The Morgan fingerprint density at radius 1 is 1.79 bits per heavy atom. The van der Waals surface area contributed by atoms with Crippen LogP contribution >= 0.6 is 0 Å². The highest BCUT2D eigenvalue weighted by Gasteiger charge is 2.15. The summed E-state index contributed by atoms with van der Waals surface area (Å²) in [6.45, 7) is -0.160. The largest absolute Gasteiger partial charge is 0.478 e. The van der Waals surface area contributed by atoms with Gasteiger partial charge in [0.15, 0.2) is 12.4 Å². The fourth-order valence-corrected chi connectivity index (χ4v) is 0.800. The first kappa shape index (κ1) is 9.99. The van der Waals surface area contributed by atoms with E-state index in [-0.39, 0.29) is 6.61 Å². The molecule has 1 heterocycles. The molecule has 0 radical (unpaired) electrons. The number of aromatic carboxylic acids is 1. The highest BCUT2D eigenvalue weighted by molar-refractivity contribution is 5.88. The number of pyridine rings is 1. The van der Waals surface area contributed by atoms with Gasteiger partial charge >= 0.3 is 5.97 Å². The molecule has 4 nitrogen and oxygen atoms in total. The molecule has 0 aromatic carbocycles. The van der Waals surface area contributed by atoms with Crippen LogP contribution in [0.3, 0.4) is 0 Å². The molecule has 72 valence electrons. The molecule has 0 fully saturated rings. The predicted molar refractivity (Wildman–Crippen MR) is 45.5 cm³/mol. The Balaban J connectivity index is 3.02. The van der Waals surface area contributed by atoms with Crippen LogP contribution in [-0.2, 0) is 0 Å². The fraction of sp³-hybridized carbons (Fsp3) is 0.111. The topological polar surface area (TPSA) is 59.4 Å². The van der Waals surface area contributed by atoms with E-state index in [1.807, 2.05) is 0 Å². The van der Waals surface area contributed by atoms with Crippen molar-refractivity contribution in [3.63, 3.8) is 0 Å². The lowest BCUT2D eigenvalue weighted by molar-refractivity contribution is 0.0690. The normalized spacial score (nSPS) is 9.14. The SMILES string of the molecule is C#CCOc1nccc(C(=O)O)c1F. The van der Waals surface area contributed by atoms with E-state index in [1.165, 1.54) is 0 Å². The number of carboxylic acids is 1. The van der Waals surface area contributed by atoms with Gasteiger partial charge in [0.1, 0.15) is 5.56 Å². The van der Waals surface area contributed by atoms with Gasteiger partial charge in [-0.3, -0.25) is 0 Å². The van der Waals surface area contributed by atoms with Crippen molar-refractivity contribution in [1.82, 2.24) is 4.98 Å².